The number of hydrogen-bond acceptors (Lipinski definition) is 3. The van der Waals surface area contributed by atoms with Crippen molar-refractivity contribution in [1.82, 2.24) is 15.5 Å². The summed E-state index contributed by atoms with van der Waals surface area (Å²) >= 11 is 7.68. The van der Waals surface area contributed by atoms with E-state index in [1.54, 1.807) is 0 Å². The van der Waals surface area contributed by atoms with Crippen LogP contribution in [0.15, 0.2) is 41.8 Å². The van der Waals surface area contributed by atoms with Gasteiger partial charge in [0.25, 0.3) is 0 Å². The van der Waals surface area contributed by atoms with E-state index in [0.29, 0.717) is 17.5 Å². The molecule has 0 radical (unpaired) electrons. The van der Waals surface area contributed by atoms with E-state index in [1.165, 1.54) is 4.88 Å². The molecule has 0 aliphatic carbocycles. The van der Waals surface area contributed by atoms with E-state index in [-0.39, 0.29) is 6.03 Å². The van der Waals surface area contributed by atoms with Gasteiger partial charge in [-0.3, -0.25) is 4.90 Å². The fourth-order valence-corrected chi connectivity index (χ4v) is 3.93. The Labute approximate surface area is 158 Å². The monoisotopic (exact) mass is 377 g/mol. The third-order valence-corrected chi connectivity index (χ3v) is 5.70. The summed E-state index contributed by atoms with van der Waals surface area (Å²) in [5, 5.41) is 8.74. The molecule has 25 heavy (non-hydrogen) atoms. The Morgan fingerprint density at radius 1 is 1.16 bits per heavy atom. The minimum absolute atomic E-state index is 0.101. The molecule has 2 N–H and O–H groups in total. The van der Waals surface area contributed by atoms with E-state index in [4.69, 9.17) is 11.6 Å². The highest BCUT2D eigenvalue weighted by molar-refractivity contribution is 7.09. The number of rotatable bonds is 6. The van der Waals surface area contributed by atoms with E-state index >= 15 is 0 Å². The Hall–Kier alpha value is -1.56. The number of nitrogens with zero attached hydrogens (tertiary/aromatic N) is 1. The summed E-state index contributed by atoms with van der Waals surface area (Å²) < 4.78 is 0. The number of piperidine rings is 1. The summed E-state index contributed by atoms with van der Waals surface area (Å²) in [7, 11) is 0. The summed E-state index contributed by atoms with van der Waals surface area (Å²) in [6.45, 7) is 4.54. The molecule has 134 valence electrons. The molecule has 4 nitrogen and oxygen atoms in total. The van der Waals surface area contributed by atoms with Gasteiger partial charge >= 0.3 is 6.03 Å². The largest absolute Gasteiger partial charge is 0.338 e. The van der Waals surface area contributed by atoms with Crippen molar-refractivity contribution in [3.63, 3.8) is 0 Å². The van der Waals surface area contributed by atoms with Crippen LogP contribution in [0, 0.1) is 5.92 Å². The molecule has 0 unspecified atom stereocenters. The van der Waals surface area contributed by atoms with Crippen molar-refractivity contribution in [2.24, 2.45) is 5.92 Å². The van der Waals surface area contributed by atoms with Crippen LogP contribution in [0.25, 0.3) is 0 Å². The standard InChI is InChI=1S/C19H24ClN3OS/c20-17-5-3-15(4-6-17)12-21-19(24)22-13-16-7-9-23(10-8-16)14-18-2-1-11-25-18/h1-6,11,16H,7-10,12-14H2,(H2,21,22,24). The Balaban J connectivity index is 1.31. The number of likely N-dealkylation sites (tertiary alicyclic amines) is 1. The molecule has 6 heteroatoms. The Morgan fingerprint density at radius 3 is 2.60 bits per heavy atom. The zero-order valence-electron chi connectivity index (χ0n) is 14.2. The lowest BCUT2D eigenvalue weighted by Crippen LogP contribution is -2.41. The number of benzene rings is 1. The summed E-state index contributed by atoms with van der Waals surface area (Å²) in [5.41, 5.74) is 1.04. The first kappa shape index (κ1) is 18.2. The Bertz CT molecular complexity index is 652. The Kier molecular flexibility index (Phi) is 6.73. The second kappa shape index (κ2) is 9.22. The van der Waals surface area contributed by atoms with Gasteiger partial charge in [0.05, 0.1) is 0 Å². The second-order valence-corrected chi connectivity index (χ2v) is 7.96. The van der Waals surface area contributed by atoms with Crippen molar-refractivity contribution in [2.45, 2.75) is 25.9 Å². The fourth-order valence-electron chi connectivity index (χ4n) is 3.06. The third-order valence-electron chi connectivity index (χ3n) is 4.58. The lowest BCUT2D eigenvalue weighted by atomic mass is 9.97. The molecule has 2 amide bonds. The van der Waals surface area contributed by atoms with Crippen LogP contribution in [0.4, 0.5) is 4.79 Å². The lowest BCUT2D eigenvalue weighted by Gasteiger charge is -2.31. The maximum Gasteiger partial charge on any atom is 0.315 e. The van der Waals surface area contributed by atoms with Gasteiger partial charge in [0, 0.05) is 29.5 Å². The molecule has 0 spiro atoms. The smallest absolute Gasteiger partial charge is 0.315 e. The number of thiophene rings is 1. The summed E-state index contributed by atoms with van der Waals surface area (Å²) in [4.78, 5) is 15.9. The van der Waals surface area contributed by atoms with Crippen LogP contribution < -0.4 is 10.6 Å². The Morgan fingerprint density at radius 2 is 1.92 bits per heavy atom. The summed E-state index contributed by atoms with van der Waals surface area (Å²) in [6.07, 6.45) is 2.28. The number of carbonyl (C=O) groups excluding carboxylic acids is 1. The van der Waals surface area contributed by atoms with Gasteiger partial charge in [-0.25, -0.2) is 4.79 Å². The molecule has 1 aliphatic heterocycles. The van der Waals surface area contributed by atoms with Gasteiger partial charge in [-0.2, -0.15) is 0 Å². The van der Waals surface area contributed by atoms with Crippen molar-refractivity contribution in [3.8, 4) is 0 Å². The first-order valence-corrected chi connectivity index (χ1v) is 9.95. The zero-order chi connectivity index (χ0) is 17.5. The highest BCUT2D eigenvalue weighted by Crippen LogP contribution is 2.20. The van der Waals surface area contributed by atoms with Crippen LogP contribution in [0.1, 0.15) is 23.3 Å². The SMILES string of the molecule is O=C(NCc1ccc(Cl)cc1)NCC1CCN(Cc2cccs2)CC1. The molecule has 1 fully saturated rings. The first-order chi connectivity index (χ1) is 12.2. The van der Waals surface area contributed by atoms with Crippen molar-refractivity contribution in [3.05, 3.63) is 57.2 Å². The molecule has 1 aromatic carbocycles. The lowest BCUT2D eigenvalue weighted by molar-refractivity contribution is 0.176. The maximum absolute atomic E-state index is 11.9. The number of nitrogens with one attached hydrogen (secondary N) is 2. The number of urea groups is 1. The van der Waals surface area contributed by atoms with Gasteiger partial charge in [0.15, 0.2) is 0 Å². The van der Waals surface area contributed by atoms with Crippen LogP contribution in [-0.2, 0) is 13.1 Å². The van der Waals surface area contributed by atoms with Crippen molar-refractivity contribution in [2.75, 3.05) is 19.6 Å². The number of halogens is 1. The van der Waals surface area contributed by atoms with Gasteiger partial charge in [-0.1, -0.05) is 29.8 Å². The molecule has 1 aliphatic rings. The van der Waals surface area contributed by atoms with E-state index in [1.807, 2.05) is 35.6 Å². The normalized spacial score (nSPS) is 15.9. The quantitative estimate of drug-likeness (QED) is 0.795. The van der Waals surface area contributed by atoms with E-state index in [0.717, 1.165) is 44.6 Å². The third kappa shape index (κ3) is 6.03. The van der Waals surface area contributed by atoms with Crippen LogP contribution in [-0.4, -0.2) is 30.6 Å². The summed E-state index contributed by atoms with van der Waals surface area (Å²) in [6, 6.07) is 11.7. The highest BCUT2D eigenvalue weighted by atomic mass is 35.5. The topological polar surface area (TPSA) is 44.4 Å². The van der Waals surface area contributed by atoms with E-state index in [9.17, 15) is 4.79 Å². The first-order valence-electron chi connectivity index (χ1n) is 8.70. The highest BCUT2D eigenvalue weighted by Gasteiger charge is 2.19. The molecule has 0 atom stereocenters. The molecule has 0 bridgehead atoms. The second-order valence-electron chi connectivity index (χ2n) is 6.49. The minimum atomic E-state index is -0.101. The average Bonchev–Trinajstić information content (AvgIpc) is 3.14. The van der Waals surface area contributed by atoms with Gasteiger partial charge in [0.1, 0.15) is 0 Å². The number of amides is 2. The van der Waals surface area contributed by atoms with Gasteiger partial charge < -0.3 is 10.6 Å². The fraction of sp³-hybridized carbons (Fsp3) is 0.421. The number of hydrogen-bond donors (Lipinski definition) is 2. The van der Waals surface area contributed by atoms with Crippen LogP contribution in [0.3, 0.4) is 0 Å². The maximum atomic E-state index is 11.9. The predicted octanol–water partition coefficient (Wildman–Crippen LogP) is 4.11. The van der Waals surface area contributed by atoms with Gasteiger partial charge in [0.2, 0.25) is 0 Å². The van der Waals surface area contributed by atoms with Crippen LogP contribution >= 0.6 is 22.9 Å². The molecule has 1 aromatic heterocycles. The molecular formula is C19H24ClN3OS. The molecule has 1 saturated heterocycles. The van der Waals surface area contributed by atoms with E-state index < -0.39 is 0 Å². The van der Waals surface area contributed by atoms with Gasteiger partial charge in [-0.15, -0.1) is 11.3 Å². The minimum Gasteiger partial charge on any atom is -0.338 e. The van der Waals surface area contributed by atoms with Crippen LogP contribution in [0.2, 0.25) is 5.02 Å². The number of carbonyl (C=O) groups is 1. The summed E-state index contributed by atoms with van der Waals surface area (Å²) in [5.74, 6) is 0.570. The zero-order valence-corrected chi connectivity index (χ0v) is 15.8. The predicted molar refractivity (Wildman–Crippen MR) is 104 cm³/mol. The van der Waals surface area contributed by atoms with Crippen LogP contribution in [0.5, 0.6) is 0 Å². The van der Waals surface area contributed by atoms with Crippen molar-refractivity contribution in [1.29, 1.82) is 0 Å². The molecular weight excluding hydrogens is 354 g/mol. The van der Waals surface area contributed by atoms with E-state index in [2.05, 4.69) is 33.0 Å². The van der Waals surface area contributed by atoms with Crippen molar-refractivity contribution >= 4 is 29.0 Å². The molecule has 2 aromatic rings. The molecule has 3 rings (SSSR count). The van der Waals surface area contributed by atoms with Gasteiger partial charge in [-0.05, 0) is 61.0 Å². The average molecular weight is 378 g/mol. The van der Waals surface area contributed by atoms with Crippen molar-refractivity contribution < 1.29 is 4.79 Å². The molecule has 2 heterocycles. The molecule has 0 saturated carbocycles.